The summed E-state index contributed by atoms with van der Waals surface area (Å²) in [6, 6.07) is 12.6. The molecule has 3 rings (SSSR count). The highest BCUT2D eigenvalue weighted by Gasteiger charge is 2.05. The third kappa shape index (κ3) is 2.17. The van der Waals surface area contributed by atoms with E-state index in [1.807, 2.05) is 18.5 Å². The molecule has 0 radical (unpaired) electrons. The Balaban J connectivity index is 2.06. The number of pyridine rings is 1. The normalized spacial score (nSPS) is 10.6. The molecule has 0 saturated carbocycles. The standard InChI is InChI=1S/C17H16N2/c1-13-7-9-18-11-16(13)15-8-10-19(12-15)17-6-4-3-5-14(17)2/h3-12H,1-2H3. The van der Waals surface area contributed by atoms with E-state index in [1.165, 1.54) is 27.9 Å². The summed E-state index contributed by atoms with van der Waals surface area (Å²) < 4.78 is 2.16. The quantitative estimate of drug-likeness (QED) is 0.666. The molecule has 2 nitrogen and oxygen atoms in total. The summed E-state index contributed by atoms with van der Waals surface area (Å²) in [7, 11) is 0. The molecule has 0 amide bonds. The SMILES string of the molecule is Cc1ccncc1-c1ccn(-c2ccccc2C)c1. The number of nitrogens with zero attached hydrogens (tertiary/aromatic N) is 2. The van der Waals surface area contributed by atoms with Crippen molar-refractivity contribution in [2.75, 3.05) is 0 Å². The van der Waals surface area contributed by atoms with Crippen LogP contribution < -0.4 is 0 Å². The van der Waals surface area contributed by atoms with E-state index in [2.05, 4.69) is 66.1 Å². The summed E-state index contributed by atoms with van der Waals surface area (Å²) in [6.45, 7) is 4.24. The molecule has 2 heteroatoms. The average Bonchev–Trinajstić information content (AvgIpc) is 2.89. The fraction of sp³-hybridized carbons (Fsp3) is 0.118. The Bertz CT molecular complexity index is 651. The Kier molecular flexibility index (Phi) is 2.92. The van der Waals surface area contributed by atoms with Crippen LogP contribution >= 0.6 is 0 Å². The zero-order valence-electron chi connectivity index (χ0n) is 11.2. The smallest absolute Gasteiger partial charge is 0.0478 e. The van der Waals surface area contributed by atoms with Gasteiger partial charge in [-0.15, -0.1) is 0 Å². The van der Waals surface area contributed by atoms with Crippen molar-refractivity contribution in [3.63, 3.8) is 0 Å². The molecule has 2 heterocycles. The Morgan fingerprint density at radius 1 is 0.947 bits per heavy atom. The molecular formula is C17H16N2. The van der Waals surface area contributed by atoms with Gasteiger partial charge in [0.1, 0.15) is 0 Å². The molecule has 0 atom stereocenters. The van der Waals surface area contributed by atoms with Crippen LogP contribution in [0.15, 0.2) is 61.2 Å². The predicted octanol–water partition coefficient (Wildman–Crippen LogP) is 4.16. The molecule has 0 unspecified atom stereocenters. The van der Waals surface area contributed by atoms with Gasteiger partial charge in [0.2, 0.25) is 0 Å². The number of hydrogen-bond donors (Lipinski definition) is 0. The second kappa shape index (κ2) is 4.73. The lowest BCUT2D eigenvalue weighted by molar-refractivity contribution is 1.06. The summed E-state index contributed by atoms with van der Waals surface area (Å²) in [6.07, 6.45) is 8.01. The van der Waals surface area contributed by atoms with Gasteiger partial charge in [0.25, 0.3) is 0 Å². The minimum Gasteiger partial charge on any atom is -0.323 e. The minimum absolute atomic E-state index is 1.19. The number of para-hydroxylation sites is 1. The van der Waals surface area contributed by atoms with Crippen molar-refractivity contribution in [3.05, 3.63) is 72.3 Å². The van der Waals surface area contributed by atoms with Gasteiger partial charge in [-0.3, -0.25) is 4.98 Å². The van der Waals surface area contributed by atoms with Crippen molar-refractivity contribution in [2.45, 2.75) is 13.8 Å². The van der Waals surface area contributed by atoms with E-state index in [-0.39, 0.29) is 0 Å². The molecule has 19 heavy (non-hydrogen) atoms. The van der Waals surface area contributed by atoms with E-state index in [1.54, 1.807) is 0 Å². The van der Waals surface area contributed by atoms with Crippen LogP contribution in [0.25, 0.3) is 16.8 Å². The Morgan fingerprint density at radius 2 is 1.79 bits per heavy atom. The van der Waals surface area contributed by atoms with Crippen LogP contribution in [-0.2, 0) is 0 Å². The summed E-state index contributed by atoms with van der Waals surface area (Å²) >= 11 is 0. The molecule has 94 valence electrons. The highest BCUT2D eigenvalue weighted by molar-refractivity contribution is 5.66. The Morgan fingerprint density at radius 3 is 2.58 bits per heavy atom. The summed E-state index contributed by atoms with van der Waals surface area (Å²) in [5.74, 6) is 0. The predicted molar refractivity (Wildman–Crippen MR) is 78.5 cm³/mol. The van der Waals surface area contributed by atoms with Gasteiger partial charge in [-0.1, -0.05) is 18.2 Å². The van der Waals surface area contributed by atoms with Gasteiger partial charge >= 0.3 is 0 Å². The first kappa shape index (κ1) is 11.7. The fourth-order valence-corrected chi connectivity index (χ4v) is 2.33. The Labute approximate surface area is 113 Å². The molecular weight excluding hydrogens is 232 g/mol. The maximum atomic E-state index is 4.21. The molecule has 0 aliphatic rings. The third-order valence-corrected chi connectivity index (χ3v) is 3.44. The fourth-order valence-electron chi connectivity index (χ4n) is 2.33. The number of rotatable bonds is 2. The van der Waals surface area contributed by atoms with Gasteiger partial charge in [0.15, 0.2) is 0 Å². The van der Waals surface area contributed by atoms with Crippen molar-refractivity contribution in [2.24, 2.45) is 0 Å². The van der Waals surface area contributed by atoms with Crippen molar-refractivity contribution in [3.8, 4) is 16.8 Å². The molecule has 0 bridgehead atoms. The zero-order valence-corrected chi connectivity index (χ0v) is 11.2. The van der Waals surface area contributed by atoms with Gasteiger partial charge in [0.05, 0.1) is 0 Å². The van der Waals surface area contributed by atoms with Crippen LogP contribution in [0.4, 0.5) is 0 Å². The van der Waals surface area contributed by atoms with Crippen LogP contribution in [0.1, 0.15) is 11.1 Å². The topological polar surface area (TPSA) is 17.8 Å². The maximum absolute atomic E-state index is 4.21. The molecule has 0 aliphatic heterocycles. The highest BCUT2D eigenvalue weighted by atomic mass is 14.9. The lowest BCUT2D eigenvalue weighted by Crippen LogP contribution is -1.92. The molecule has 0 N–H and O–H groups in total. The van der Waals surface area contributed by atoms with E-state index in [0.29, 0.717) is 0 Å². The van der Waals surface area contributed by atoms with Gasteiger partial charge in [-0.25, -0.2) is 0 Å². The molecule has 2 aromatic heterocycles. The van der Waals surface area contributed by atoms with E-state index in [4.69, 9.17) is 0 Å². The molecule has 1 aromatic carbocycles. The summed E-state index contributed by atoms with van der Waals surface area (Å²) in [4.78, 5) is 4.21. The lowest BCUT2D eigenvalue weighted by atomic mass is 10.1. The molecule has 0 aliphatic carbocycles. The van der Waals surface area contributed by atoms with Crippen molar-refractivity contribution < 1.29 is 0 Å². The zero-order chi connectivity index (χ0) is 13.2. The summed E-state index contributed by atoms with van der Waals surface area (Å²) in [5, 5.41) is 0. The first-order valence-corrected chi connectivity index (χ1v) is 6.41. The van der Waals surface area contributed by atoms with Crippen LogP contribution in [0.3, 0.4) is 0 Å². The monoisotopic (exact) mass is 248 g/mol. The van der Waals surface area contributed by atoms with E-state index < -0.39 is 0 Å². The van der Waals surface area contributed by atoms with E-state index in [0.717, 1.165) is 0 Å². The first-order chi connectivity index (χ1) is 9.25. The van der Waals surface area contributed by atoms with Crippen molar-refractivity contribution in [1.82, 2.24) is 9.55 Å². The van der Waals surface area contributed by atoms with Gasteiger partial charge < -0.3 is 4.57 Å². The van der Waals surface area contributed by atoms with Crippen molar-refractivity contribution in [1.29, 1.82) is 0 Å². The van der Waals surface area contributed by atoms with Gasteiger partial charge in [0, 0.05) is 41.6 Å². The van der Waals surface area contributed by atoms with Crippen LogP contribution in [0.2, 0.25) is 0 Å². The van der Waals surface area contributed by atoms with Crippen molar-refractivity contribution >= 4 is 0 Å². The number of aryl methyl sites for hydroxylation is 2. The lowest BCUT2D eigenvalue weighted by Gasteiger charge is -2.06. The second-order valence-electron chi connectivity index (χ2n) is 4.78. The molecule has 3 aromatic rings. The number of benzene rings is 1. The van der Waals surface area contributed by atoms with Gasteiger partial charge in [-0.05, 0) is 43.2 Å². The van der Waals surface area contributed by atoms with Crippen LogP contribution in [0, 0.1) is 13.8 Å². The summed E-state index contributed by atoms with van der Waals surface area (Å²) in [5.41, 5.74) is 6.13. The minimum atomic E-state index is 1.19. The molecule has 0 saturated heterocycles. The average molecular weight is 248 g/mol. The second-order valence-corrected chi connectivity index (χ2v) is 4.78. The van der Waals surface area contributed by atoms with Crippen LogP contribution in [-0.4, -0.2) is 9.55 Å². The first-order valence-electron chi connectivity index (χ1n) is 6.41. The Hall–Kier alpha value is -2.35. The third-order valence-electron chi connectivity index (χ3n) is 3.44. The largest absolute Gasteiger partial charge is 0.323 e. The van der Waals surface area contributed by atoms with E-state index >= 15 is 0 Å². The van der Waals surface area contributed by atoms with E-state index in [9.17, 15) is 0 Å². The van der Waals surface area contributed by atoms with Crippen LogP contribution in [0.5, 0.6) is 0 Å². The maximum Gasteiger partial charge on any atom is 0.0478 e. The van der Waals surface area contributed by atoms with Gasteiger partial charge in [-0.2, -0.15) is 0 Å². The number of aromatic nitrogens is 2. The molecule has 0 spiro atoms. The highest BCUT2D eigenvalue weighted by Crippen LogP contribution is 2.24. The number of hydrogen-bond acceptors (Lipinski definition) is 1. The molecule has 0 fully saturated rings.